The highest BCUT2D eigenvalue weighted by atomic mass is 16.2. The summed E-state index contributed by atoms with van der Waals surface area (Å²) >= 11 is 0. The van der Waals surface area contributed by atoms with Crippen LogP contribution in [0.3, 0.4) is 0 Å². The van der Waals surface area contributed by atoms with E-state index in [-0.39, 0.29) is 17.6 Å². The maximum Gasteiger partial charge on any atom is 0.345 e. The van der Waals surface area contributed by atoms with Crippen molar-refractivity contribution in [1.82, 2.24) is 19.7 Å². The molecular formula is C23H28N4O2. The predicted molar refractivity (Wildman–Crippen MR) is 114 cm³/mol. The van der Waals surface area contributed by atoms with E-state index in [2.05, 4.69) is 24.3 Å². The molecule has 1 amide bonds. The molecule has 1 aliphatic rings. The van der Waals surface area contributed by atoms with Crippen molar-refractivity contribution < 1.29 is 4.79 Å². The Morgan fingerprint density at radius 2 is 1.97 bits per heavy atom. The topological polar surface area (TPSA) is 68.9 Å². The van der Waals surface area contributed by atoms with E-state index < -0.39 is 0 Å². The first-order chi connectivity index (χ1) is 14.0. The Bertz CT molecular complexity index is 1080. The van der Waals surface area contributed by atoms with Crippen molar-refractivity contribution in [3.8, 4) is 0 Å². The first-order valence-corrected chi connectivity index (χ1v) is 10.5. The molecule has 6 nitrogen and oxygen atoms in total. The third-order valence-corrected chi connectivity index (χ3v) is 5.68. The van der Waals surface area contributed by atoms with Crippen molar-refractivity contribution in [3.05, 3.63) is 64.3 Å². The summed E-state index contributed by atoms with van der Waals surface area (Å²) in [5, 5.41) is 9.87. The molecule has 1 unspecified atom stereocenters. The van der Waals surface area contributed by atoms with E-state index in [1.165, 1.54) is 0 Å². The van der Waals surface area contributed by atoms with Crippen LogP contribution in [-0.4, -0.2) is 26.3 Å². The number of amides is 1. The molecule has 0 bridgehead atoms. The van der Waals surface area contributed by atoms with Gasteiger partial charge in [0, 0.05) is 31.1 Å². The van der Waals surface area contributed by atoms with Crippen LogP contribution >= 0.6 is 0 Å². The van der Waals surface area contributed by atoms with Gasteiger partial charge < -0.3 is 5.32 Å². The fourth-order valence-corrected chi connectivity index (χ4v) is 3.90. The van der Waals surface area contributed by atoms with Crippen molar-refractivity contribution in [3.63, 3.8) is 0 Å². The lowest BCUT2D eigenvalue weighted by molar-refractivity contribution is 0.0933. The lowest BCUT2D eigenvalue weighted by Crippen LogP contribution is -2.35. The second-order valence-electron chi connectivity index (χ2n) is 8.32. The minimum atomic E-state index is -0.0605. The van der Waals surface area contributed by atoms with E-state index in [4.69, 9.17) is 0 Å². The van der Waals surface area contributed by atoms with E-state index in [0.717, 1.165) is 35.9 Å². The number of aromatic nitrogens is 3. The molecule has 29 heavy (non-hydrogen) atoms. The van der Waals surface area contributed by atoms with Gasteiger partial charge in [0.1, 0.15) is 5.82 Å². The Morgan fingerprint density at radius 1 is 1.17 bits per heavy atom. The number of nitrogens with zero attached hydrogens (tertiary/aromatic N) is 3. The molecule has 1 atom stereocenters. The molecule has 0 radical (unpaired) electrons. The molecular weight excluding hydrogens is 364 g/mol. The monoisotopic (exact) mass is 392 g/mol. The van der Waals surface area contributed by atoms with Crippen molar-refractivity contribution in [2.75, 3.05) is 0 Å². The van der Waals surface area contributed by atoms with E-state index in [1.54, 1.807) is 9.25 Å². The average molecular weight is 393 g/mol. The largest absolute Gasteiger partial charge is 0.349 e. The van der Waals surface area contributed by atoms with Crippen molar-refractivity contribution in [1.29, 1.82) is 0 Å². The number of carbonyl (C=O) groups is 1. The number of hydrogen-bond donors (Lipinski definition) is 1. The number of carbonyl (C=O) groups excluding carboxylic acids is 1. The number of fused-ring (bicyclic) bond motifs is 2. The van der Waals surface area contributed by atoms with Gasteiger partial charge in [0.2, 0.25) is 0 Å². The van der Waals surface area contributed by atoms with Crippen molar-refractivity contribution >= 4 is 16.7 Å². The van der Waals surface area contributed by atoms with Gasteiger partial charge in [0.05, 0.1) is 0 Å². The predicted octanol–water partition coefficient (Wildman–Crippen LogP) is 3.38. The summed E-state index contributed by atoms with van der Waals surface area (Å²) in [6.45, 7) is 5.56. The molecule has 2 aromatic carbocycles. The summed E-state index contributed by atoms with van der Waals surface area (Å²) in [6, 6.07) is 13.8. The third kappa shape index (κ3) is 4.26. The number of hydrogen-bond acceptors (Lipinski definition) is 3. The molecule has 1 N–H and O–H groups in total. The lowest BCUT2D eigenvalue weighted by atomic mass is 10.1. The van der Waals surface area contributed by atoms with Crippen LogP contribution < -0.4 is 11.0 Å². The summed E-state index contributed by atoms with van der Waals surface area (Å²) in [5.74, 6) is 1.31. The molecule has 0 fully saturated rings. The SMILES string of the molecule is CC(C)CCn1nc2n(c1=O)CCC(NC(=O)c1ccc3ccccc3c1)CC2. The zero-order valence-electron chi connectivity index (χ0n) is 17.1. The minimum absolute atomic E-state index is 0.0258. The molecule has 2 heterocycles. The van der Waals surface area contributed by atoms with Crippen LogP contribution in [0.4, 0.5) is 0 Å². The van der Waals surface area contributed by atoms with Crippen LogP contribution in [0.1, 0.15) is 49.3 Å². The molecule has 1 aliphatic heterocycles. The molecule has 3 aromatic rings. The van der Waals surface area contributed by atoms with Gasteiger partial charge in [-0.05, 0) is 48.1 Å². The average Bonchev–Trinajstić information content (AvgIpc) is 2.88. The highest BCUT2D eigenvalue weighted by molar-refractivity contribution is 5.98. The fraction of sp³-hybridized carbons (Fsp3) is 0.435. The minimum Gasteiger partial charge on any atom is -0.349 e. The fourth-order valence-electron chi connectivity index (χ4n) is 3.90. The normalized spacial score (nSPS) is 16.6. The number of aryl methyl sites for hydroxylation is 2. The van der Waals surface area contributed by atoms with Crippen LogP contribution in [0.2, 0.25) is 0 Å². The van der Waals surface area contributed by atoms with Gasteiger partial charge in [-0.25, -0.2) is 9.48 Å². The quantitative estimate of drug-likeness (QED) is 0.724. The third-order valence-electron chi connectivity index (χ3n) is 5.68. The number of benzene rings is 2. The zero-order valence-corrected chi connectivity index (χ0v) is 17.1. The second kappa shape index (κ2) is 8.23. The Hall–Kier alpha value is -2.89. The van der Waals surface area contributed by atoms with E-state index in [0.29, 0.717) is 31.0 Å². The molecule has 4 rings (SSSR count). The summed E-state index contributed by atoms with van der Waals surface area (Å²) in [7, 11) is 0. The van der Waals surface area contributed by atoms with Gasteiger partial charge in [-0.2, -0.15) is 5.10 Å². The molecule has 152 valence electrons. The van der Waals surface area contributed by atoms with Crippen LogP contribution in [0.15, 0.2) is 47.3 Å². The smallest absolute Gasteiger partial charge is 0.345 e. The molecule has 1 aromatic heterocycles. The molecule has 6 heteroatoms. The molecule has 0 saturated heterocycles. The van der Waals surface area contributed by atoms with Crippen LogP contribution in [-0.2, 0) is 19.5 Å². The summed E-state index contributed by atoms with van der Waals surface area (Å²) in [4.78, 5) is 25.4. The van der Waals surface area contributed by atoms with Gasteiger partial charge in [-0.15, -0.1) is 0 Å². The Labute approximate surface area is 170 Å². The van der Waals surface area contributed by atoms with Crippen LogP contribution in [0, 0.1) is 5.92 Å². The van der Waals surface area contributed by atoms with Crippen LogP contribution in [0.25, 0.3) is 10.8 Å². The maximum atomic E-state index is 12.8. The Kier molecular flexibility index (Phi) is 5.51. The van der Waals surface area contributed by atoms with Crippen LogP contribution in [0.5, 0.6) is 0 Å². The van der Waals surface area contributed by atoms with Gasteiger partial charge >= 0.3 is 5.69 Å². The summed E-state index contributed by atoms with van der Waals surface area (Å²) in [5.41, 5.74) is 0.642. The summed E-state index contributed by atoms with van der Waals surface area (Å²) < 4.78 is 3.38. The highest BCUT2D eigenvalue weighted by Gasteiger charge is 2.22. The maximum absolute atomic E-state index is 12.8. The Morgan fingerprint density at radius 3 is 2.76 bits per heavy atom. The van der Waals surface area contributed by atoms with E-state index >= 15 is 0 Å². The highest BCUT2D eigenvalue weighted by Crippen LogP contribution is 2.17. The first-order valence-electron chi connectivity index (χ1n) is 10.5. The lowest BCUT2D eigenvalue weighted by Gasteiger charge is -2.16. The molecule has 0 spiro atoms. The van der Waals surface area contributed by atoms with Gasteiger partial charge in [0.15, 0.2) is 0 Å². The van der Waals surface area contributed by atoms with Gasteiger partial charge in [-0.3, -0.25) is 9.36 Å². The number of nitrogens with one attached hydrogen (secondary N) is 1. The molecule has 0 aliphatic carbocycles. The summed E-state index contributed by atoms with van der Waals surface area (Å²) in [6.07, 6.45) is 3.18. The number of rotatable bonds is 5. The van der Waals surface area contributed by atoms with Gasteiger partial charge in [0.25, 0.3) is 5.91 Å². The van der Waals surface area contributed by atoms with Crippen molar-refractivity contribution in [2.45, 2.75) is 58.7 Å². The first kappa shape index (κ1) is 19.4. The Balaban J connectivity index is 1.42. The van der Waals surface area contributed by atoms with E-state index in [9.17, 15) is 9.59 Å². The zero-order chi connectivity index (χ0) is 20.4. The van der Waals surface area contributed by atoms with Crippen molar-refractivity contribution in [2.24, 2.45) is 5.92 Å². The van der Waals surface area contributed by atoms with E-state index in [1.807, 2.05) is 42.5 Å². The second-order valence-corrected chi connectivity index (χ2v) is 8.32. The molecule has 0 saturated carbocycles. The van der Waals surface area contributed by atoms with Gasteiger partial charge in [-0.1, -0.05) is 44.2 Å². The standard InChI is InChI=1S/C23H28N4O2/c1-16(2)11-14-27-23(29)26-13-12-20(9-10-21(26)25-27)24-22(28)19-8-7-17-5-3-4-6-18(17)15-19/h3-8,15-16,20H,9-14H2,1-2H3,(H,24,28).